The fourth-order valence-electron chi connectivity index (χ4n) is 3.85. The second-order valence-electron chi connectivity index (χ2n) is 8.39. The Hall–Kier alpha value is -3.32. The molecule has 2 heterocycles. The summed E-state index contributed by atoms with van der Waals surface area (Å²) < 4.78 is 122. The van der Waals surface area contributed by atoms with E-state index in [0.717, 1.165) is 12.3 Å². The monoisotopic (exact) mass is 595 g/mol. The first-order chi connectivity index (χ1) is 18.1. The van der Waals surface area contributed by atoms with E-state index in [9.17, 15) is 39.5 Å². The van der Waals surface area contributed by atoms with Crippen LogP contribution in [0.2, 0.25) is 5.02 Å². The van der Waals surface area contributed by atoms with E-state index in [-0.39, 0.29) is 28.8 Å². The van der Waals surface area contributed by atoms with Gasteiger partial charge in [0.05, 0.1) is 16.3 Å². The van der Waals surface area contributed by atoms with Crippen molar-refractivity contribution in [3.63, 3.8) is 0 Å². The minimum atomic E-state index is -5.94. The molecular weight excluding hydrogens is 581 g/mol. The number of aromatic nitrogens is 2. The highest BCUT2D eigenvalue weighted by Crippen LogP contribution is 2.46. The quantitative estimate of drug-likeness (QED) is 0.217. The van der Waals surface area contributed by atoms with Crippen molar-refractivity contribution in [3.8, 4) is 0 Å². The molecule has 0 fully saturated rings. The van der Waals surface area contributed by atoms with Crippen LogP contribution in [0.15, 0.2) is 72.2 Å². The Balaban J connectivity index is 1.97. The zero-order chi connectivity index (χ0) is 28.6. The van der Waals surface area contributed by atoms with Gasteiger partial charge in [0.25, 0.3) is 0 Å². The average molecular weight is 596 g/mol. The van der Waals surface area contributed by atoms with Gasteiger partial charge in [-0.15, -0.1) is 11.3 Å². The van der Waals surface area contributed by atoms with Crippen LogP contribution in [0.25, 0.3) is 0 Å². The van der Waals surface area contributed by atoms with Crippen LogP contribution in [0.3, 0.4) is 0 Å². The van der Waals surface area contributed by atoms with E-state index in [0.29, 0.717) is 28.3 Å². The standard InChI is InChI=1S/C25H15ClF9N3S/c26-17-6-7-19(36-12-17)22(11-14-4-2-1-3-5-14,15-8-16(24(30,31)32)10-18(27)9-15)38-21-37-20(13-39-21)23(28,29)25(33,34)35/h1-10,12-13H,11H2,(H,37,38). The van der Waals surface area contributed by atoms with Crippen molar-refractivity contribution in [2.75, 3.05) is 5.32 Å². The summed E-state index contributed by atoms with van der Waals surface area (Å²) in [6.07, 6.45) is -9.99. The van der Waals surface area contributed by atoms with E-state index in [1.54, 1.807) is 30.3 Å². The van der Waals surface area contributed by atoms with Crippen molar-refractivity contribution < 1.29 is 39.5 Å². The Morgan fingerprint density at radius 1 is 0.821 bits per heavy atom. The summed E-state index contributed by atoms with van der Waals surface area (Å²) >= 11 is 6.31. The Morgan fingerprint density at radius 3 is 2.08 bits per heavy atom. The number of rotatable bonds is 7. The molecule has 2 aromatic heterocycles. The van der Waals surface area contributed by atoms with Crippen LogP contribution in [0.4, 0.5) is 44.6 Å². The maximum absolute atomic E-state index is 14.6. The molecule has 0 saturated carbocycles. The lowest BCUT2D eigenvalue weighted by atomic mass is 9.80. The first-order valence-electron chi connectivity index (χ1n) is 10.8. The Morgan fingerprint density at radius 2 is 1.49 bits per heavy atom. The van der Waals surface area contributed by atoms with Gasteiger partial charge in [0.2, 0.25) is 0 Å². The summed E-state index contributed by atoms with van der Waals surface area (Å²) in [5, 5.41) is 2.83. The van der Waals surface area contributed by atoms with Crippen molar-refractivity contribution in [2.24, 2.45) is 0 Å². The zero-order valence-electron chi connectivity index (χ0n) is 19.2. The second-order valence-corrected chi connectivity index (χ2v) is 9.69. The van der Waals surface area contributed by atoms with Gasteiger partial charge in [0.15, 0.2) is 5.13 Å². The number of halogens is 10. The van der Waals surface area contributed by atoms with Gasteiger partial charge in [-0.3, -0.25) is 4.98 Å². The van der Waals surface area contributed by atoms with Gasteiger partial charge in [-0.05, 0) is 41.5 Å². The Labute approximate surface area is 224 Å². The molecule has 0 spiro atoms. The fourth-order valence-corrected chi connectivity index (χ4v) is 4.77. The number of nitrogens with zero attached hydrogens (tertiary/aromatic N) is 2. The lowest BCUT2D eigenvalue weighted by Crippen LogP contribution is -2.40. The summed E-state index contributed by atoms with van der Waals surface area (Å²) in [6, 6.07) is 12.5. The van der Waals surface area contributed by atoms with Crippen LogP contribution in [0.5, 0.6) is 0 Å². The highest BCUT2D eigenvalue weighted by Gasteiger charge is 2.60. The molecule has 206 valence electrons. The van der Waals surface area contributed by atoms with E-state index < -0.39 is 46.0 Å². The molecule has 4 rings (SSSR count). The summed E-state index contributed by atoms with van der Waals surface area (Å²) in [6.45, 7) is 0. The van der Waals surface area contributed by atoms with Gasteiger partial charge < -0.3 is 5.32 Å². The molecule has 0 radical (unpaired) electrons. The van der Waals surface area contributed by atoms with Gasteiger partial charge in [0.1, 0.15) is 17.1 Å². The molecule has 0 aliphatic rings. The first kappa shape index (κ1) is 28.7. The van der Waals surface area contributed by atoms with Gasteiger partial charge in [-0.1, -0.05) is 41.9 Å². The van der Waals surface area contributed by atoms with E-state index >= 15 is 0 Å². The van der Waals surface area contributed by atoms with Crippen LogP contribution in [0.1, 0.15) is 28.1 Å². The number of benzene rings is 2. The van der Waals surface area contributed by atoms with Crippen molar-refractivity contribution >= 4 is 28.1 Å². The molecule has 2 aromatic carbocycles. The van der Waals surface area contributed by atoms with E-state index in [1.807, 2.05) is 0 Å². The van der Waals surface area contributed by atoms with E-state index in [4.69, 9.17) is 11.6 Å². The smallest absolute Gasteiger partial charge is 0.346 e. The average Bonchev–Trinajstić information content (AvgIpc) is 3.32. The van der Waals surface area contributed by atoms with Crippen molar-refractivity contribution in [2.45, 2.75) is 30.2 Å². The van der Waals surface area contributed by atoms with Gasteiger partial charge in [-0.25, -0.2) is 9.37 Å². The predicted molar refractivity (Wildman–Crippen MR) is 127 cm³/mol. The molecule has 0 aliphatic heterocycles. The summed E-state index contributed by atoms with van der Waals surface area (Å²) in [5.74, 6) is -6.57. The third-order valence-corrected chi connectivity index (χ3v) is 6.68. The maximum atomic E-state index is 14.6. The van der Waals surface area contributed by atoms with Crippen molar-refractivity contribution in [1.29, 1.82) is 0 Å². The number of thiazole rings is 1. The number of hydrogen-bond acceptors (Lipinski definition) is 4. The van der Waals surface area contributed by atoms with Gasteiger partial charge in [-0.2, -0.15) is 35.1 Å². The minimum absolute atomic E-state index is 0.0335. The topological polar surface area (TPSA) is 37.8 Å². The van der Waals surface area contributed by atoms with Crippen LogP contribution in [-0.2, 0) is 24.1 Å². The van der Waals surface area contributed by atoms with E-state index in [1.165, 1.54) is 12.1 Å². The molecule has 3 nitrogen and oxygen atoms in total. The number of hydrogen-bond donors (Lipinski definition) is 1. The number of anilines is 1. The van der Waals surface area contributed by atoms with Crippen LogP contribution in [-0.4, -0.2) is 16.1 Å². The van der Waals surface area contributed by atoms with Gasteiger partial charge in [0, 0.05) is 18.0 Å². The normalized spacial score (nSPS) is 14.2. The predicted octanol–water partition coefficient (Wildman–Crippen LogP) is 8.60. The Bertz CT molecular complexity index is 1440. The summed E-state index contributed by atoms with van der Waals surface area (Å²) in [7, 11) is 0. The molecule has 1 N–H and O–H groups in total. The molecule has 0 aliphatic carbocycles. The Kier molecular flexibility index (Phi) is 7.60. The van der Waals surface area contributed by atoms with Gasteiger partial charge >= 0.3 is 18.3 Å². The molecule has 0 amide bonds. The lowest BCUT2D eigenvalue weighted by Gasteiger charge is -2.36. The molecule has 0 bridgehead atoms. The number of nitrogens with one attached hydrogen (secondary N) is 1. The minimum Gasteiger partial charge on any atom is -0.346 e. The third-order valence-electron chi connectivity index (χ3n) is 5.70. The maximum Gasteiger partial charge on any atom is 0.459 e. The molecule has 1 unspecified atom stereocenters. The summed E-state index contributed by atoms with van der Waals surface area (Å²) in [5.41, 5.74) is -4.79. The second kappa shape index (κ2) is 10.3. The highest BCUT2D eigenvalue weighted by molar-refractivity contribution is 7.13. The molecule has 1 atom stereocenters. The molecule has 4 aromatic rings. The number of pyridine rings is 1. The zero-order valence-corrected chi connectivity index (χ0v) is 20.8. The largest absolute Gasteiger partial charge is 0.459 e. The van der Waals surface area contributed by atoms with Crippen LogP contribution < -0.4 is 5.32 Å². The van der Waals surface area contributed by atoms with Crippen molar-refractivity contribution in [1.82, 2.24) is 9.97 Å². The number of alkyl halides is 8. The lowest BCUT2D eigenvalue weighted by molar-refractivity contribution is -0.290. The fraction of sp³-hybridized carbons (Fsp3) is 0.200. The van der Waals surface area contributed by atoms with Crippen LogP contribution in [0, 0.1) is 5.82 Å². The summed E-state index contributed by atoms with van der Waals surface area (Å²) in [4.78, 5) is 7.59. The van der Waals surface area contributed by atoms with Crippen molar-refractivity contribution in [3.05, 3.63) is 111 Å². The van der Waals surface area contributed by atoms with E-state index in [2.05, 4.69) is 15.3 Å². The third kappa shape index (κ3) is 5.98. The first-order valence-corrected chi connectivity index (χ1v) is 12.1. The SMILES string of the molecule is Fc1cc(C(F)(F)F)cc(C(Cc2ccccc2)(Nc2nc(C(F)(F)C(F)(F)F)cs2)c2ccc(Cl)cn2)c1. The molecule has 0 saturated heterocycles. The molecule has 39 heavy (non-hydrogen) atoms. The molecular formula is C25H15ClF9N3S. The highest BCUT2D eigenvalue weighted by atomic mass is 35.5. The molecule has 14 heteroatoms. The van der Waals surface area contributed by atoms with Crippen LogP contribution >= 0.6 is 22.9 Å².